The number of aryl methyl sites for hydroxylation is 1. The van der Waals surface area contributed by atoms with Gasteiger partial charge in [0.25, 0.3) is 5.56 Å². The number of hydrogen-bond donors (Lipinski definition) is 2. The summed E-state index contributed by atoms with van der Waals surface area (Å²) in [5.74, 6) is -0.353. The topological polar surface area (TPSA) is 110 Å². The van der Waals surface area contributed by atoms with Gasteiger partial charge < -0.3 is 10.3 Å². The molecule has 9 heteroatoms. The van der Waals surface area contributed by atoms with Crippen LogP contribution in [-0.2, 0) is 4.79 Å². The van der Waals surface area contributed by atoms with Crippen molar-refractivity contribution in [3.05, 3.63) is 76.2 Å². The largest absolute Gasteiger partial charge is 0.325 e. The van der Waals surface area contributed by atoms with Gasteiger partial charge in [-0.15, -0.1) is 0 Å². The monoisotopic (exact) mass is 447 g/mol. The molecule has 4 rings (SSSR count). The summed E-state index contributed by atoms with van der Waals surface area (Å²) < 4.78 is 1.60. The van der Waals surface area contributed by atoms with Gasteiger partial charge in [0.1, 0.15) is 5.39 Å². The van der Waals surface area contributed by atoms with Crippen molar-refractivity contribution in [1.82, 2.24) is 19.7 Å². The fraction of sp³-hybridized carbons (Fsp3) is 0.174. The molecule has 0 saturated heterocycles. The quantitative estimate of drug-likeness (QED) is 0.265. The average Bonchev–Trinajstić information content (AvgIpc) is 3.19. The maximum Gasteiger partial charge on any atom is 0.262 e. The molecule has 0 aliphatic heterocycles. The molecule has 0 radical (unpaired) electrons. The Hall–Kier alpha value is -3.72. The van der Waals surface area contributed by atoms with Crippen molar-refractivity contribution >= 4 is 40.2 Å². The van der Waals surface area contributed by atoms with Gasteiger partial charge in [-0.25, -0.2) is 9.67 Å². The minimum atomic E-state index is -0.549. The predicted octanol–water partition coefficient (Wildman–Crippen LogP) is 3.74. The van der Waals surface area contributed by atoms with Gasteiger partial charge in [-0.2, -0.15) is 5.10 Å². The molecule has 162 valence electrons. The maximum atomic E-state index is 12.7. The highest BCUT2D eigenvalue weighted by Gasteiger charge is 2.19. The summed E-state index contributed by atoms with van der Waals surface area (Å²) in [5.41, 5.74) is 3.05. The molecule has 8 nitrogen and oxygen atoms in total. The number of fused-ring (bicyclic) bond motifs is 1. The van der Waals surface area contributed by atoms with Gasteiger partial charge in [-0.05, 0) is 45.0 Å². The smallest absolute Gasteiger partial charge is 0.262 e. The Morgan fingerprint density at radius 2 is 1.91 bits per heavy atom. The van der Waals surface area contributed by atoms with E-state index in [9.17, 15) is 14.4 Å². The number of anilines is 1. The number of thioether (sulfide) groups is 1. The Morgan fingerprint density at radius 3 is 2.62 bits per heavy atom. The van der Waals surface area contributed by atoms with Crippen LogP contribution in [0.5, 0.6) is 0 Å². The van der Waals surface area contributed by atoms with E-state index < -0.39 is 5.25 Å². The number of ketones is 1. The summed E-state index contributed by atoms with van der Waals surface area (Å²) in [4.78, 5) is 44.0. The summed E-state index contributed by atoms with van der Waals surface area (Å²) in [5, 5.41) is 7.24. The van der Waals surface area contributed by atoms with Crippen molar-refractivity contribution < 1.29 is 9.59 Å². The lowest BCUT2D eigenvalue weighted by atomic mass is 10.1. The molecular weight excluding hydrogens is 426 g/mol. The Kier molecular flexibility index (Phi) is 5.91. The van der Waals surface area contributed by atoms with E-state index in [-0.39, 0.29) is 17.2 Å². The Bertz CT molecular complexity index is 1370. The summed E-state index contributed by atoms with van der Waals surface area (Å²) in [7, 11) is 0. The van der Waals surface area contributed by atoms with E-state index in [4.69, 9.17) is 0 Å². The Morgan fingerprint density at radius 1 is 1.16 bits per heavy atom. The van der Waals surface area contributed by atoms with Crippen molar-refractivity contribution in [3.63, 3.8) is 0 Å². The molecule has 0 saturated carbocycles. The van der Waals surface area contributed by atoms with E-state index in [0.717, 1.165) is 23.0 Å². The molecule has 2 heterocycles. The van der Waals surface area contributed by atoms with Crippen molar-refractivity contribution in [2.75, 3.05) is 5.32 Å². The lowest BCUT2D eigenvalue weighted by molar-refractivity contribution is -0.115. The number of aromatic nitrogens is 4. The SMILES string of the molecule is CC(=O)c1cccc(NC(=O)[C@@H](C)Sc2nc3c(cnn3-c3ccc(C)cc3)c(=O)[nH]2)c1. The summed E-state index contributed by atoms with van der Waals surface area (Å²) in [6.45, 7) is 5.18. The van der Waals surface area contributed by atoms with Crippen LogP contribution in [-0.4, -0.2) is 36.7 Å². The molecule has 0 bridgehead atoms. The third-order valence-corrected chi connectivity index (χ3v) is 5.87. The summed E-state index contributed by atoms with van der Waals surface area (Å²) >= 11 is 1.13. The molecular formula is C23H21N5O3S. The number of rotatable bonds is 6. The minimum absolute atomic E-state index is 0.0798. The van der Waals surface area contributed by atoms with Crippen molar-refractivity contribution in [3.8, 4) is 5.69 Å². The zero-order valence-corrected chi connectivity index (χ0v) is 18.6. The molecule has 1 atom stereocenters. The number of benzene rings is 2. The van der Waals surface area contributed by atoms with Crippen LogP contribution in [0.3, 0.4) is 0 Å². The van der Waals surface area contributed by atoms with Gasteiger partial charge in [0, 0.05) is 11.3 Å². The number of H-pyrrole nitrogens is 1. The van der Waals surface area contributed by atoms with Gasteiger partial charge in [0.15, 0.2) is 16.6 Å². The van der Waals surface area contributed by atoms with Crippen molar-refractivity contribution in [1.29, 1.82) is 0 Å². The van der Waals surface area contributed by atoms with E-state index in [1.54, 1.807) is 35.9 Å². The van der Waals surface area contributed by atoms with Crippen LogP contribution >= 0.6 is 11.8 Å². The molecule has 2 aromatic heterocycles. The lowest BCUT2D eigenvalue weighted by Gasteiger charge is -2.12. The fourth-order valence-electron chi connectivity index (χ4n) is 3.11. The molecule has 0 spiro atoms. The number of carbonyl (C=O) groups is 2. The highest BCUT2D eigenvalue weighted by Crippen LogP contribution is 2.23. The van der Waals surface area contributed by atoms with E-state index in [0.29, 0.717) is 27.4 Å². The third kappa shape index (κ3) is 4.47. The van der Waals surface area contributed by atoms with Crippen LogP contribution in [0.15, 0.2) is 64.7 Å². The lowest BCUT2D eigenvalue weighted by Crippen LogP contribution is -2.23. The van der Waals surface area contributed by atoms with Gasteiger partial charge in [0.2, 0.25) is 5.91 Å². The first kappa shape index (κ1) is 21.5. The summed E-state index contributed by atoms with van der Waals surface area (Å²) in [6.07, 6.45) is 1.48. The highest BCUT2D eigenvalue weighted by atomic mass is 32.2. The van der Waals surface area contributed by atoms with Crippen LogP contribution in [0.25, 0.3) is 16.7 Å². The normalized spacial score (nSPS) is 12.0. The Labute approximate surface area is 188 Å². The number of nitrogens with one attached hydrogen (secondary N) is 2. The molecule has 0 fully saturated rings. The number of hydrogen-bond acceptors (Lipinski definition) is 6. The molecule has 1 amide bonds. The maximum absolute atomic E-state index is 12.7. The number of nitrogens with zero attached hydrogens (tertiary/aromatic N) is 3. The van der Waals surface area contributed by atoms with Gasteiger partial charge >= 0.3 is 0 Å². The molecule has 2 N–H and O–H groups in total. The van der Waals surface area contributed by atoms with Gasteiger partial charge in [-0.1, -0.05) is 41.6 Å². The first-order chi connectivity index (χ1) is 15.3. The first-order valence-corrected chi connectivity index (χ1v) is 10.8. The average molecular weight is 448 g/mol. The zero-order chi connectivity index (χ0) is 22.8. The van der Waals surface area contributed by atoms with Gasteiger partial charge in [0.05, 0.1) is 17.1 Å². The second kappa shape index (κ2) is 8.80. The number of amides is 1. The van der Waals surface area contributed by atoms with Crippen molar-refractivity contribution in [2.45, 2.75) is 31.2 Å². The molecule has 0 aliphatic rings. The standard InChI is InChI=1S/C23H21N5O3S/c1-13-7-9-18(10-8-13)28-20-19(12-24-28)22(31)27-23(26-20)32-15(3)21(30)25-17-6-4-5-16(11-17)14(2)29/h4-12,15H,1-3H3,(H,25,30)(H,26,27,31)/t15-/m1/s1. The third-order valence-electron chi connectivity index (χ3n) is 4.89. The zero-order valence-electron chi connectivity index (χ0n) is 17.7. The molecule has 0 unspecified atom stereocenters. The highest BCUT2D eigenvalue weighted by molar-refractivity contribution is 8.00. The van der Waals surface area contributed by atoms with Crippen LogP contribution in [0.2, 0.25) is 0 Å². The van der Waals surface area contributed by atoms with Crippen LogP contribution < -0.4 is 10.9 Å². The Balaban J connectivity index is 1.57. The second-order valence-corrected chi connectivity index (χ2v) is 8.72. The van der Waals surface area contributed by atoms with E-state index in [2.05, 4.69) is 20.4 Å². The van der Waals surface area contributed by atoms with E-state index in [1.807, 2.05) is 31.2 Å². The first-order valence-electron chi connectivity index (χ1n) is 9.95. The molecule has 32 heavy (non-hydrogen) atoms. The minimum Gasteiger partial charge on any atom is -0.325 e. The fourth-order valence-corrected chi connectivity index (χ4v) is 3.90. The second-order valence-electron chi connectivity index (χ2n) is 7.39. The molecule has 2 aromatic carbocycles. The van der Waals surface area contributed by atoms with E-state index >= 15 is 0 Å². The number of carbonyl (C=O) groups excluding carboxylic acids is 2. The van der Waals surface area contributed by atoms with Crippen molar-refractivity contribution in [2.24, 2.45) is 0 Å². The molecule has 0 aliphatic carbocycles. The summed E-state index contributed by atoms with van der Waals surface area (Å²) in [6, 6.07) is 14.5. The predicted molar refractivity (Wildman–Crippen MR) is 125 cm³/mol. The number of aromatic amines is 1. The van der Waals surface area contributed by atoms with Crippen LogP contribution in [0.1, 0.15) is 29.8 Å². The molecule has 4 aromatic rings. The number of Topliss-reactive ketones (excluding diaryl/α,β-unsaturated/α-hetero) is 1. The van der Waals surface area contributed by atoms with Crippen LogP contribution in [0, 0.1) is 6.92 Å². The van der Waals surface area contributed by atoms with Gasteiger partial charge in [-0.3, -0.25) is 14.4 Å². The van der Waals surface area contributed by atoms with E-state index in [1.165, 1.54) is 13.1 Å². The van der Waals surface area contributed by atoms with Crippen LogP contribution in [0.4, 0.5) is 5.69 Å².